The second kappa shape index (κ2) is 5.80. The van der Waals surface area contributed by atoms with E-state index in [9.17, 15) is 4.39 Å². The second-order valence-corrected chi connectivity index (χ2v) is 4.75. The molecule has 1 aliphatic rings. The molecule has 0 spiro atoms. The van der Waals surface area contributed by atoms with E-state index in [1.165, 1.54) is 0 Å². The number of nitrogens with one attached hydrogen (secondary N) is 1. The fourth-order valence-corrected chi connectivity index (χ4v) is 2.24. The van der Waals surface area contributed by atoms with E-state index in [2.05, 4.69) is 5.32 Å². The van der Waals surface area contributed by atoms with Crippen molar-refractivity contribution >= 4 is 11.6 Å². The summed E-state index contributed by atoms with van der Waals surface area (Å²) in [7, 11) is 0. The standard InChI is InChI=1S/C13H17ClFNO/c1-2-17-11-6-10(7-11)16-8-9-4-3-5-12(14)13(9)15/h3-5,10-11,16H,2,6-8H2,1H3. The van der Waals surface area contributed by atoms with Gasteiger partial charge >= 0.3 is 0 Å². The molecular weight excluding hydrogens is 241 g/mol. The van der Waals surface area contributed by atoms with E-state index in [-0.39, 0.29) is 10.8 Å². The normalized spacial score (nSPS) is 23.5. The highest BCUT2D eigenvalue weighted by Gasteiger charge is 2.28. The summed E-state index contributed by atoms with van der Waals surface area (Å²) < 4.78 is 19.0. The van der Waals surface area contributed by atoms with Gasteiger partial charge in [0, 0.05) is 24.8 Å². The molecule has 0 bridgehead atoms. The fourth-order valence-electron chi connectivity index (χ4n) is 2.04. The fraction of sp³-hybridized carbons (Fsp3) is 0.538. The van der Waals surface area contributed by atoms with Crippen LogP contribution < -0.4 is 5.32 Å². The smallest absolute Gasteiger partial charge is 0.146 e. The minimum atomic E-state index is -0.317. The molecule has 0 amide bonds. The zero-order chi connectivity index (χ0) is 12.3. The highest BCUT2D eigenvalue weighted by atomic mass is 35.5. The van der Waals surface area contributed by atoms with Crippen LogP contribution in [0, 0.1) is 5.82 Å². The molecule has 1 aliphatic carbocycles. The van der Waals surface area contributed by atoms with Crippen LogP contribution in [0.3, 0.4) is 0 Å². The van der Waals surface area contributed by atoms with E-state index < -0.39 is 0 Å². The van der Waals surface area contributed by atoms with Crippen molar-refractivity contribution in [1.29, 1.82) is 0 Å². The molecule has 1 N–H and O–H groups in total. The summed E-state index contributed by atoms with van der Waals surface area (Å²) >= 11 is 5.72. The molecule has 0 atom stereocenters. The van der Waals surface area contributed by atoms with Gasteiger partial charge < -0.3 is 10.1 Å². The van der Waals surface area contributed by atoms with Crippen molar-refractivity contribution in [2.45, 2.75) is 38.5 Å². The summed E-state index contributed by atoms with van der Waals surface area (Å²) in [5.74, 6) is -0.317. The number of benzene rings is 1. The van der Waals surface area contributed by atoms with Crippen LogP contribution in [-0.2, 0) is 11.3 Å². The van der Waals surface area contributed by atoms with Crippen molar-refractivity contribution in [2.24, 2.45) is 0 Å². The Balaban J connectivity index is 1.78. The van der Waals surface area contributed by atoms with Crippen molar-refractivity contribution in [3.05, 3.63) is 34.6 Å². The molecule has 17 heavy (non-hydrogen) atoms. The summed E-state index contributed by atoms with van der Waals surface area (Å²) in [6.45, 7) is 3.29. The minimum Gasteiger partial charge on any atom is -0.378 e. The molecule has 0 saturated heterocycles. The third-order valence-corrected chi connectivity index (χ3v) is 3.40. The lowest BCUT2D eigenvalue weighted by Crippen LogP contribution is -2.45. The van der Waals surface area contributed by atoms with Crippen LogP contribution in [0.1, 0.15) is 25.3 Å². The first kappa shape index (κ1) is 12.8. The Labute approximate surface area is 106 Å². The predicted octanol–water partition coefficient (Wildman–Crippen LogP) is 3.14. The Morgan fingerprint density at radius 2 is 2.24 bits per heavy atom. The predicted molar refractivity (Wildman–Crippen MR) is 66.7 cm³/mol. The Morgan fingerprint density at radius 3 is 2.94 bits per heavy atom. The maximum absolute atomic E-state index is 13.6. The van der Waals surface area contributed by atoms with E-state index >= 15 is 0 Å². The van der Waals surface area contributed by atoms with E-state index in [1.54, 1.807) is 18.2 Å². The Kier molecular flexibility index (Phi) is 4.37. The van der Waals surface area contributed by atoms with Crippen molar-refractivity contribution in [1.82, 2.24) is 5.32 Å². The molecule has 0 unspecified atom stereocenters. The largest absolute Gasteiger partial charge is 0.378 e. The maximum atomic E-state index is 13.6. The SMILES string of the molecule is CCOC1CC(NCc2cccc(Cl)c2F)C1. The lowest BCUT2D eigenvalue weighted by Gasteiger charge is -2.35. The van der Waals surface area contributed by atoms with Crippen molar-refractivity contribution < 1.29 is 9.13 Å². The van der Waals surface area contributed by atoms with Gasteiger partial charge in [-0.05, 0) is 25.8 Å². The molecule has 1 aromatic carbocycles. The van der Waals surface area contributed by atoms with Crippen molar-refractivity contribution in [3.63, 3.8) is 0 Å². The number of ether oxygens (including phenoxy) is 1. The minimum absolute atomic E-state index is 0.185. The summed E-state index contributed by atoms with van der Waals surface area (Å²) in [5, 5.41) is 3.50. The summed E-state index contributed by atoms with van der Waals surface area (Å²) in [5.41, 5.74) is 0.623. The van der Waals surface area contributed by atoms with Crippen LogP contribution in [0.4, 0.5) is 4.39 Å². The second-order valence-electron chi connectivity index (χ2n) is 4.34. The lowest BCUT2D eigenvalue weighted by atomic mass is 9.89. The highest BCUT2D eigenvalue weighted by Crippen LogP contribution is 2.24. The first-order valence-electron chi connectivity index (χ1n) is 5.98. The number of hydrogen-bond acceptors (Lipinski definition) is 2. The maximum Gasteiger partial charge on any atom is 0.146 e. The van der Waals surface area contributed by atoms with Gasteiger partial charge in [0.05, 0.1) is 11.1 Å². The Bertz CT molecular complexity index is 380. The van der Waals surface area contributed by atoms with Gasteiger partial charge in [-0.2, -0.15) is 0 Å². The van der Waals surface area contributed by atoms with Crippen LogP contribution in [0.5, 0.6) is 0 Å². The molecular formula is C13H17ClFNO. The van der Waals surface area contributed by atoms with Gasteiger partial charge in [-0.15, -0.1) is 0 Å². The molecule has 0 aromatic heterocycles. The van der Waals surface area contributed by atoms with Crippen molar-refractivity contribution in [2.75, 3.05) is 6.61 Å². The number of halogens is 2. The van der Waals surface area contributed by atoms with Gasteiger partial charge in [-0.1, -0.05) is 23.7 Å². The quantitative estimate of drug-likeness (QED) is 0.875. The zero-order valence-electron chi connectivity index (χ0n) is 9.88. The molecule has 0 radical (unpaired) electrons. The van der Waals surface area contributed by atoms with Crippen LogP contribution in [-0.4, -0.2) is 18.8 Å². The van der Waals surface area contributed by atoms with Crippen LogP contribution in [0.15, 0.2) is 18.2 Å². The first-order valence-corrected chi connectivity index (χ1v) is 6.36. The Hall–Kier alpha value is -0.640. The van der Waals surface area contributed by atoms with E-state index in [4.69, 9.17) is 16.3 Å². The summed E-state index contributed by atoms with van der Waals surface area (Å²) in [4.78, 5) is 0. The molecule has 1 saturated carbocycles. The first-order chi connectivity index (χ1) is 8.20. The van der Waals surface area contributed by atoms with Crippen LogP contribution in [0.2, 0.25) is 5.02 Å². The third kappa shape index (κ3) is 3.18. The molecule has 0 heterocycles. The van der Waals surface area contributed by atoms with E-state index in [1.807, 2.05) is 6.92 Å². The summed E-state index contributed by atoms with van der Waals surface area (Å²) in [6, 6.07) is 5.53. The number of rotatable bonds is 5. The van der Waals surface area contributed by atoms with E-state index in [0.29, 0.717) is 24.3 Å². The highest BCUT2D eigenvalue weighted by molar-refractivity contribution is 6.30. The summed E-state index contributed by atoms with van der Waals surface area (Å²) in [6.07, 6.45) is 2.40. The van der Waals surface area contributed by atoms with E-state index in [0.717, 1.165) is 19.4 Å². The topological polar surface area (TPSA) is 21.3 Å². The van der Waals surface area contributed by atoms with Crippen LogP contribution >= 0.6 is 11.6 Å². The molecule has 2 rings (SSSR count). The lowest BCUT2D eigenvalue weighted by molar-refractivity contribution is -0.0102. The zero-order valence-corrected chi connectivity index (χ0v) is 10.6. The molecule has 0 aliphatic heterocycles. The molecule has 4 heteroatoms. The monoisotopic (exact) mass is 257 g/mol. The number of hydrogen-bond donors (Lipinski definition) is 1. The van der Waals surface area contributed by atoms with Gasteiger partial charge in [0.25, 0.3) is 0 Å². The van der Waals surface area contributed by atoms with Gasteiger partial charge in [-0.3, -0.25) is 0 Å². The molecule has 94 valence electrons. The van der Waals surface area contributed by atoms with Gasteiger partial charge in [-0.25, -0.2) is 4.39 Å². The average Bonchev–Trinajstić information content (AvgIpc) is 2.26. The van der Waals surface area contributed by atoms with Gasteiger partial charge in [0.2, 0.25) is 0 Å². The molecule has 1 aromatic rings. The van der Waals surface area contributed by atoms with Gasteiger partial charge in [0.1, 0.15) is 5.82 Å². The van der Waals surface area contributed by atoms with Gasteiger partial charge in [0.15, 0.2) is 0 Å². The molecule has 2 nitrogen and oxygen atoms in total. The molecule has 1 fully saturated rings. The van der Waals surface area contributed by atoms with Crippen molar-refractivity contribution in [3.8, 4) is 0 Å². The Morgan fingerprint density at radius 1 is 1.47 bits per heavy atom. The van der Waals surface area contributed by atoms with Crippen LogP contribution in [0.25, 0.3) is 0 Å². The third-order valence-electron chi connectivity index (χ3n) is 3.11. The average molecular weight is 258 g/mol.